The number of hydrogen-bond acceptors (Lipinski definition) is 4. The SMILES string of the molecule is Cc1c(F)cc(F)cc1NC1=CC(=O)N(CCO)C1=O. The van der Waals surface area contributed by atoms with Crippen molar-refractivity contribution >= 4 is 17.5 Å². The molecule has 0 aliphatic carbocycles. The van der Waals surface area contributed by atoms with Crippen LogP contribution >= 0.6 is 0 Å². The van der Waals surface area contributed by atoms with E-state index in [1.165, 1.54) is 6.92 Å². The summed E-state index contributed by atoms with van der Waals surface area (Å²) in [6, 6.07) is 1.76. The molecule has 1 aromatic carbocycles. The molecule has 20 heavy (non-hydrogen) atoms. The number of imide groups is 1. The smallest absolute Gasteiger partial charge is 0.277 e. The fourth-order valence-corrected chi connectivity index (χ4v) is 1.83. The van der Waals surface area contributed by atoms with Crippen LogP contribution < -0.4 is 5.32 Å². The summed E-state index contributed by atoms with van der Waals surface area (Å²) in [4.78, 5) is 24.2. The van der Waals surface area contributed by atoms with Crippen molar-refractivity contribution in [2.24, 2.45) is 0 Å². The Labute approximate surface area is 113 Å². The zero-order valence-electron chi connectivity index (χ0n) is 10.6. The zero-order valence-corrected chi connectivity index (χ0v) is 10.6. The summed E-state index contributed by atoms with van der Waals surface area (Å²) in [5.74, 6) is -2.77. The first kappa shape index (κ1) is 14.1. The number of amides is 2. The molecule has 106 valence electrons. The van der Waals surface area contributed by atoms with Gasteiger partial charge in [0.2, 0.25) is 0 Å². The molecule has 7 heteroatoms. The number of rotatable bonds is 4. The number of aliphatic hydroxyl groups excluding tert-OH is 1. The minimum atomic E-state index is -0.791. The Balaban J connectivity index is 2.26. The van der Waals surface area contributed by atoms with Gasteiger partial charge in [-0.3, -0.25) is 14.5 Å². The van der Waals surface area contributed by atoms with Crippen LogP contribution in [0.2, 0.25) is 0 Å². The Bertz CT molecular complexity index is 614. The Hall–Kier alpha value is -2.28. The summed E-state index contributed by atoms with van der Waals surface area (Å²) in [5.41, 5.74) is 0.116. The minimum absolute atomic E-state index is 0.0701. The zero-order chi connectivity index (χ0) is 14.9. The molecule has 0 spiro atoms. The van der Waals surface area contributed by atoms with Crippen LogP contribution in [-0.2, 0) is 9.59 Å². The average Bonchev–Trinajstić information content (AvgIpc) is 2.63. The summed E-state index contributed by atoms with van der Waals surface area (Å²) in [7, 11) is 0. The molecule has 5 nitrogen and oxygen atoms in total. The lowest BCUT2D eigenvalue weighted by molar-refractivity contribution is -0.137. The monoisotopic (exact) mass is 282 g/mol. The highest BCUT2D eigenvalue weighted by atomic mass is 19.1. The second-order valence-corrected chi connectivity index (χ2v) is 4.26. The molecule has 1 aliphatic rings. The van der Waals surface area contributed by atoms with E-state index in [1.807, 2.05) is 0 Å². The highest BCUT2D eigenvalue weighted by Gasteiger charge is 2.30. The topological polar surface area (TPSA) is 69.6 Å². The molecule has 0 saturated carbocycles. The molecule has 1 aliphatic heterocycles. The van der Waals surface area contributed by atoms with Gasteiger partial charge in [-0.2, -0.15) is 0 Å². The van der Waals surface area contributed by atoms with Crippen molar-refractivity contribution in [1.82, 2.24) is 4.90 Å². The fraction of sp³-hybridized carbons (Fsp3) is 0.231. The van der Waals surface area contributed by atoms with Gasteiger partial charge >= 0.3 is 0 Å². The molecule has 2 N–H and O–H groups in total. The van der Waals surface area contributed by atoms with E-state index in [4.69, 9.17) is 5.11 Å². The Morgan fingerprint density at radius 2 is 2.00 bits per heavy atom. The second-order valence-electron chi connectivity index (χ2n) is 4.26. The van der Waals surface area contributed by atoms with Gasteiger partial charge in [0.25, 0.3) is 11.8 Å². The summed E-state index contributed by atoms with van der Waals surface area (Å²) < 4.78 is 26.5. The van der Waals surface area contributed by atoms with Crippen molar-refractivity contribution in [3.05, 3.63) is 41.1 Å². The number of aliphatic hydroxyl groups is 1. The molecule has 0 bridgehead atoms. The lowest BCUT2D eigenvalue weighted by atomic mass is 10.1. The van der Waals surface area contributed by atoms with Crippen molar-refractivity contribution in [1.29, 1.82) is 0 Å². The van der Waals surface area contributed by atoms with Gasteiger partial charge in [-0.05, 0) is 13.0 Å². The predicted molar refractivity (Wildman–Crippen MR) is 66.6 cm³/mol. The fourth-order valence-electron chi connectivity index (χ4n) is 1.83. The van der Waals surface area contributed by atoms with Gasteiger partial charge in [-0.25, -0.2) is 8.78 Å². The molecular formula is C13H12F2N2O3. The van der Waals surface area contributed by atoms with Gasteiger partial charge in [0.15, 0.2) is 0 Å². The van der Waals surface area contributed by atoms with Crippen LogP contribution in [0.15, 0.2) is 23.9 Å². The molecule has 0 aromatic heterocycles. The van der Waals surface area contributed by atoms with Crippen LogP contribution in [0.1, 0.15) is 5.56 Å². The Morgan fingerprint density at radius 3 is 2.65 bits per heavy atom. The first-order valence-corrected chi connectivity index (χ1v) is 5.85. The highest BCUT2D eigenvalue weighted by Crippen LogP contribution is 2.23. The van der Waals surface area contributed by atoms with E-state index in [-0.39, 0.29) is 30.1 Å². The normalized spacial score (nSPS) is 14.8. The maximum atomic E-state index is 13.4. The Kier molecular flexibility index (Phi) is 3.80. The molecule has 2 rings (SSSR count). The van der Waals surface area contributed by atoms with E-state index in [2.05, 4.69) is 5.32 Å². The number of carbonyl (C=O) groups is 2. The van der Waals surface area contributed by atoms with Crippen LogP contribution in [0.5, 0.6) is 0 Å². The van der Waals surface area contributed by atoms with E-state index < -0.39 is 23.4 Å². The largest absolute Gasteiger partial charge is 0.395 e. The van der Waals surface area contributed by atoms with Crippen LogP contribution in [-0.4, -0.2) is 35.0 Å². The number of anilines is 1. The molecule has 2 amide bonds. The number of carbonyl (C=O) groups excluding carboxylic acids is 2. The average molecular weight is 282 g/mol. The van der Waals surface area contributed by atoms with Crippen LogP contribution in [0.4, 0.5) is 14.5 Å². The molecule has 0 fully saturated rings. The maximum absolute atomic E-state index is 13.4. The number of β-amino-alcohol motifs (C(OH)–C–C–N with tert-alkyl or cyclic N) is 1. The van der Waals surface area contributed by atoms with Gasteiger partial charge in [-0.15, -0.1) is 0 Å². The molecular weight excluding hydrogens is 270 g/mol. The molecule has 0 atom stereocenters. The summed E-state index contributed by atoms with van der Waals surface area (Å²) >= 11 is 0. The van der Waals surface area contributed by atoms with Gasteiger partial charge in [0.05, 0.1) is 13.2 Å². The number of benzene rings is 1. The van der Waals surface area contributed by atoms with E-state index in [0.29, 0.717) is 0 Å². The van der Waals surface area contributed by atoms with Gasteiger partial charge in [-0.1, -0.05) is 0 Å². The third-order valence-corrected chi connectivity index (χ3v) is 2.91. The predicted octanol–water partition coefficient (Wildman–Crippen LogP) is 0.930. The van der Waals surface area contributed by atoms with Gasteiger partial charge in [0, 0.05) is 23.4 Å². The first-order valence-electron chi connectivity index (χ1n) is 5.85. The van der Waals surface area contributed by atoms with Crippen LogP contribution in [0.3, 0.4) is 0 Å². The number of nitrogens with one attached hydrogen (secondary N) is 1. The number of halogens is 2. The second kappa shape index (κ2) is 5.38. The van der Waals surface area contributed by atoms with Crippen LogP contribution in [0.25, 0.3) is 0 Å². The van der Waals surface area contributed by atoms with E-state index >= 15 is 0 Å². The van der Waals surface area contributed by atoms with E-state index in [0.717, 1.165) is 23.1 Å². The lowest BCUT2D eigenvalue weighted by Crippen LogP contribution is -2.34. The summed E-state index contributed by atoms with van der Waals surface area (Å²) in [6.45, 7) is 0.937. The maximum Gasteiger partial charge on any atom is 0.277 e. The third kappa shape index (κ3) is 2.53. The molecule has 0 saturated heterocycles. The molecule has 0 unspecified atom stereocenters. The van der Waals surface area contributed by atoms with E-state index in [9.17, 15) is 18.4 Å². The lowest BCUT2D eigenvalue weighted by Gasteiger charge is -2.14. The summed E-state index contributed by atoms with van der Waals surface area (Å²) in [6.07, 6.45) is 1.03. The number of nitrogens with zero attached hydrogens (tertiary/aromatic N) is 1. The van der Waals surface area contributed by atoms with Crippen molar-refractivity contribution in [2.45, 2.75) is 6.92 Å². The van der Waals surface area contributed by atoms with Crippen molar-refractivity contribution in [3.8, 4) is 0 Å². The van der Waals surface area contributed by atoms with Crippen molar-refractivity contribution in [3.63, 3.8) is 0 Å². The number of hydrogen-bond donors (Lipinski definition) is 2. The standard InChI is InChI=1S/C13H12F2N2O3/c1-7-9(15)4-8(14)5-10(7)16-11-6-12(19)17(2-3-18)13(11)20/h4-6,16,18H,2-3H2,1H3. The first-order chi connectivity index (χ1) is 9.43. The van der Waals surface area contributed by atoms with Crippen molar-refractivity contribution < 1.29 is 23.5 Å². The third-order valence-electron chi connectivity index (χ3n) is 2.91. The Morgan fingerprint density at radius 1 is 1.30 bits per heavy atom. The quantitative estimate of drug-likeness (QED) is 0.806. The van der Waals surface area contributed by atoms with Gasteiger partial charge < -0.3 is 10.4 Å². The van der Waals surface area contributed by atoms with Gasteiger partial charge in [0.1, 0.15) is 17.3 Å². The molecule has 1 heterocycles. The molecule has 0 radical (unpaired) electrons. The van der Waals surface area contributed by atoms with E-state index in [1.54, 1.807) is 0 Å². The molecule has 1 aromatic rings. The van der Waals surface area contributed by atoms with Crippen LogP contribution in [0, 0.1) is 18.6 Å². The van der Waals surface area contributed by atoms with Crippen molar-refractivity contribution in [2.75, 3.05) is 18.5 Å². The highest BCUT2D eigenvalue weighted by molar-refractivity contribution is 6.17. The minimum Gasteiger partial charge on any atom is -0.395 e. The summed E-state index contributed by atoms with van der Waals surface area (Å²) in [5, 5.41) is 11.3.